The fourth-order valence-corrected chi connectivity index (χ4v) is 2.28. The Hall–Kier alpha value is -1.31. The van der Waals surface area contributed by atoms with Crippen LogP contribution in [-0.4, -0.2) is 11.1 Å². The van der Waals surface area contributed by atoms with E-state index in [1.54, 1.807) is 0 Å². The van der Waals surface area contributed by atoms with Gasteiger partial charge in [0.1, 0.15) is 0 Å². The van der Waals surface area contributed by atoms with Crippen molar-refractivity contribution in [3.05, 3.63) is 35.4 Å². The van der Waals surface area contributed by atoms with E-state index in [2.05, 4.69) is 45.0 Å². The summed E-state index contributed by atoms with van der Waals surface area (Å²) in [6.45, 7) is 6.60. The zero-order valence-corrected chi connectivity index (χ0v) is 11.5. The normalized spacial score (nSPS) is 17.5. The maximum absolute atomic E-state index is 11.1. The minimum Gasteiger partial charge on any atom is -0.481 e. The molecule has 2 rings (SSSR count). The quantitative estimate of drug-likeness (QED) is 0.877. The van der Waals surface area contributed by atoms with Gasteiger partial charge in [0, 0.05) is 0 Å². The molecular formula is C16H22O2. The predicted octanol–water partition coefficient (Wildman–Crippen LogP) is 3.78. The van der Waals surface area contributed by atoms with Crippen LogP contribution in [0, 0.1) is 5.41 Å². The highest BCUT2D eigenvalue weighted by Crippen LogP contribution is 2.49. The third kappa shape index (κ3) is 2.74. The Bertz CT molecular complexity index is 433. The number of aryl methyl sites for hydroxylation is 1. The summed E-state index contributed by atoms with van der Waals surface area (Å²) in [5.41, 5.74) is 2.35. The van der Waals surface area contributed by atoms with Gasteiger partial charge in [-0.3, -0.25) is 4.79 Å². The molecule has 0 amide bonds. The molecule has 2 nitrogen and oxygen atoms in total. The lowest BCUT2D eigenvalue weighted by Crippen LogP contribution is -2.15. The fourth-order valence-electron chi connectivity index (χ4n) is 2.28. The van der Waals surface area contributed by atoms with Crippen LogP contribution >= 0.6 is 0 Å². The number of aliphatic carboxylic acids is 1. The van der Waals surface area contributed by atoms with Gasteiger partial charge in [-0.2, -0.15) is 0 Å². The van der Waals surface area contributed by atoms with Crippen LogP contribution in [0.1, 0.15) is 51.2 Å². The van der Waals surface area contributed by atoms with E-state index in [-0.39, 0.29) is 5.41 Å². The summed E-state index contributed by atoms with van der Waals surface area (Å²) in [5.74, 6) is -0.617. The summed E-state index contributed by atoms with van der Waals surface area (Å²) >= 11 is 0. The van der Waals surface area contributed by atoms with Gasteiger partial charge in [-0.25, -0.2) is 0 Å². The topological polar surface area (TPSA) is 37.3 Å². The number of rotatable bonds is 4. The molecule has 0 saturated heterocycles. The average Bonchev–Trinajstić information content (AvgIpc) is 3.07. The molecule has 0 heterocycles. The molecule has 1 aromatic carbocycles. The van der Waals surface area contributed by atoms with Gasteiger partial charge in [-0.1, -0.05) is 45.0 Å². The van der Waals surface area contributed by atoms with Gasteiger partial charge in [0.05, 0.1) is 5.41 Å². The monoisotopic (exact) mass is 246 g/mol. The molecule has 1 aliphatic rings. The summed E-state index contributed by atoms with van der Waals surface area (Å²) in [7, 11) is 0. The van der Waals surface area contributed by atoms with Gasteiger partial charge in [0.25, 0.3) is 0 Å². The van der Waals surface area contributed by atoms with Crippen molar-refractivity contribution >= 4 is 5.97 Å². The Labute approximate surface area is 109 Å². The molecule has 1 N–H and O–H groups in total. The largest absolute Gasteiger partial charge is 0.481 e. The first-order valence-electron chi connectivity index (χ1n) is 6.66. The summed E-state index contributed by atoms with van der Waals surface area (Å²) in [5, 5.41) is 9.13. The zero-order valence-electron chi connectivity index (χ0n) is 11.5. The Balaban J connectivity index is 1.97. The fraction of sp³-hybridized carbons (Fsp3) is 0.562. The third-order valence-corrected chi connectivity index (χ3v) is 4.02. The lowest BCUT2D eigenvalue weighted by atomic mass is 9.86. The van der Waals surface area contributed by atoms with Gasteiger partial charge >= 0.3 is 5.97 Å². The van der Waals surface area contributed by atoms with Crippen LogP contribution < -0.4 is 0 Å². The molecule has 0 aliphatic heterocycles. The van der Waals surface area contributed by atoms with E-state index in [1.807, 2.05) is 0 Å². The molecular weight excluding hydrogens is 224 g/mol. The number of benzene rings is 1. The summed E-state index contributed by atoms with van der Waals surface area (Å²) in [6, 6.07) is 8.60. The van der Waals surface area contributed by atoms with Crippen molar-refractivity contribution in [2.24, 2.45) is 5.41 Å². The number of hydrogen-bond acceptors (Lipinski definition) is 1. The number of carbonyl (C=O) groups is 1. The molecule has 1 aliphatic carbocycles. The van der Waals surface area contributed by atoms with Crippen LogP contribution in [0.4, 0.5) is 0 Å². The summed E-state index contributed by atoms with van der Waals surface area (Å²) < 4.78 is 0. The van der Waals surface area contributed by atoms with Gasteiger partial charge in [-0.15, -0.1) is 0 Å². The molecule has 98 valence electrons. The molecule has 0 atom stereocenters. The van der Waals surface area contributed by atoms with Crippen LogP contribution in [0.15, 0.2) is 24.3 Å². The minimum absolute atomic E-state index is 0.178. The maximum Gasteiger partial charge on any atom is 0.309 e. The Morgan fingerprint density at radius 1 is 1.22 bits per heavy atom. The van der Waals surface area contributed by atoms with E-state index in [9.17, 15) is 4.79 Å². The second-order valence-electron chi connectivity index (χ2n) is 6.53. The molecule has 18 heavy (non-hydrogen) atoms. The molecule has 0 aromatic heterocycles. The lowest BCUT2D eigenvalue weighted by Gasteiger charge is -2.19. The van der Waals surface area contributed by atoms with Crippen molar-refractivity contribution in [2.75, 3.05) is 0 Å². The zero-order chi connectivity index (χ0) is 13.4. The first-order valence-corrected chi connectivity index (χ1v) is 6.66. The summed E-state index contributed by atoms with van der Waals surface area (Å²) in [4.78, 5) is 11.1. The van der Waals surface area contributed by atoms with Gasteiger partial charge in [0.2, 0.25) is 0 Å². The smallest absolute Gasteiger partial charge is 0.309 e. The standard InChI is InChI=1S/C16H22O2/c1-15(2,3)13-6-4-12(5-7-13)8-9-16(10-11-16)14(17)18/h4-7H,8-11H2,1-3H3,(H,17,18). The summed E-state index contributed by atoms with van der Waals surface area (Å²) in [6.07, 6.45) is 3.35. The SMILES string of the molecule is CC(C)(C)c1ccc(CCC2(C(=O)O)CC2)cc1. The van der Waals surface area contributed by atoms with Crippen molar-refractivity contribution in [1.29, 1.82) is 0 Å². The molecule has 2 heteroatoms. The van der Waals surface area contributed by atoms with E-state index in [0.29, 0.717) is 0 Å². The number of carboxylic acid groups (broad SMARTS) is 1. The highest BCUT2D eigenvalue weighted by molar-refractivity contribution is 5.77. The predicted molar refractivity (Wildman–Crippen MR) is 72.8 cm³/mol. The van der Waals surface area contributed by atoms with E-state index in [1.165, 1.54) is 11.1 Å². The van der Waals surface area contributed by atoms with Crippen LogP contribution in [-0.2, 0) is 16.6 Å². The Morgan fingerprint density at radius 2 is 1.78 bits per heavy atom. The lowest BCUT2D eigenvalue weighted by molar-refractivity contribution is -0.143. The molecule has 1 fully saturated rings. The van der Waals surface area contributed by atoms with Gasteiger partial charge in [-0.05, 0) is 42.2 Å². The van der Waals surface area contributed by atoms with Crippen molar-refractivity contribution < 1.29 is 9.90 Å². The van der Waals surface area contributed by atoms with Crippen molar-refractivity contribution in [3.63, 3.8) is 0 Å². The maximum atomic E-state index is 11.1. The molecule has 0 unspecified atom stereocenters. The molecule has 0 radical (unpaired) electrons. The highest BCUT2D eigenvalue weighted by Gasteiger charge is 2.49. The number of carboxylic acids is 1. The molecule has 0 spiro atoms. The third-order valence-electron chi connectivity index (χ3n) is 4.02. The Morgan fingerprint density at radius 3 is 2.17 bits per heavy atom. The van der Waals surface area contributed by atoms with Crippen LogP contribution in [0.3, 0.4) is 0 Å². The molecule has 1 saturated carbocycles. The van der Waals surface area contributed by atoms with Crippen molar-refractivity contribution in [1.82, 2.24) is 0 Å². The van der Waals surface area contributed by atoms with Crippen LogP contribution in [0.5, 0.6) is 0 Å². The second kappa shape index (κ2) is 4.42. The van der Waals surface area contributed by atoms with E-state index >= 15 is 0 Å². The average molecular weight is 246 g/mol. The van der Waals surface area contributed by atoms with E-state index < -0.39 is 11.4 Å². The minimum atomic E-state index is -0.617. The van der Waals surface area contributed by atoms with E-state index in [4.69, 9.17) is 5.11 Å². The van der Waals surface area contributed by atoms with E-state index in [0.717, 1.165) is 25.7 Å². The molecule has 1 aromatic rings. The van der Waals surface area contributed by atoms with Crippen molar-refractivity contribution in [3.8, 4) is 0 Å². The first kappa shape index (κ1) is 13.1. The van der Waals surface area contributed by atoms with Gasteiger partial charge < -0.3 is 5.11 Å². The second-order valence-corrected chi connectivity index (χ2v) is 6.53. The number of hydrogen-bond donors (Lipinski definition) is 1. The Kier molecular flexibility index (Phi) is 3.22. The van der Waals surface area contributed by atoms with Crippen LogP contribution in [0.25, 0.3) is 0 Å². The molecule has 0 bridgehead atoms. The first-order chi connectivity index (χ1) is 8.33. The van der Waals surface area contributed by atoms with Gasteiger partial charge in [0.15, 0.2) is 0 Å². The van der Waals surface area contributed by atoms with Crippen molar-refractivity contribution in [2.45, 2.75) is 51.9 Å². The van der Waals surface area contributed by atoms with Crippen LogP contribution in [0.2, 0.25) is 0 Å². The highest BCUT2D eigenvalue weighted by atomic mass is 16.4.